The predicted molar refractivity (Wildman–Crippen MR) is 65.8 cm³/mol. The van der Waals surface area contributed by atoms with Crippen LogP contribution >= 0.6 is 0 Å². The first-order chi connectivity index (χ1) is 7.77. The van der Waals surface area contributed by atoms with Crippen LogP contribution in [0.25, 0.3) is 0 Å². The molecule has 0 aromatic carbocycles. The Hall–Kier alpha value is -1.36. The molecule has 1 rings (SSSR count). The number of nitrogens with one attached hydrogen (secondary N) is 1. The van der Waals surface area contributed by atoms with E-state index in [1.807, 2.05) is 13.1 Å². The smallest absolute Gasteiger partial charge is 0.133 e. The average Bonchev–Trinajstić information content (AvgIpc) is 2.33. The van der Waals surface area contributed by atoms with Gasteiger partial charge in [0.25, 0.3) is 0 Å². The molecule has 0 fully saturated rings. The summed E-state index contributed by atoms with van der Waals surface area (Å²) in [7, 11) is 2.02. The third-order valence-corrected chi connectivity index (χ3v) is 2.31. The van der Waals surface area contributed by atoms with E-state index >= 15 is 0 Å². The fourth-order valence-electron chi connectivity index (χ4n) is 1.35. The van der Waals surface area contributed by atoms with E-state index in [0.717, 1.165) is 24.6 Å². The summed E-state index contributed by atoms with van der Waals surface area (Å²) in [6.45, 7) is 3.77. The van der Waals surface area contributed by atoms with Crippen LogP contribution in [-0.4, -0.2) is 41.8 Å². The van der Waals surface area contributed by atoms with Crippen molar-refractivity contribution in [1.29, 1.82) is 0 Å². The predicted octanol–water partition coefficient (Wildman–Crippen LogP) is 1.12. The molecule has 0 spiro atoms. The van der Waals surface area contributed by atoms with Gasteiger partial charge in [0.2, 0.25) is 0 Å². The minimum atomic E-state index is 0.102. The minimum absolute atomic E-state index is 0.102. The molecule has 5 heteroatoms. The lowest BCUT2D eigenvalue weighted by atomic mass is 10.3. The molecule has 0 aliphatic heterocycles. The van der Waals surface area contributed by atoms with Crippen molar-refractivity contribution >= 4 is 11.6 Å². The van der Waals surface area contributed by atoms with Crippen molar-refractivity contribution in [2.45, 2.75) is 19.8 Å². The Morgan fingerprint density at radius 1 is 1.44 bits per heavy atom. The van der Waals surface area contributed by atoms with E-state index in [4.69, 9.17) is 5.11 Å². The Labute approximate surface area is 96.5 Å². The monoisotopic (exact) mass is 224 g/mol. The van der Waals surface area contributed by atoms with Gasteiger partial charge in [-0.1, -0.05) is 13.3 Å². The van der Waals surface area contributed by atoms with E-state index in [0.29, 0.717) is 6.54 Å². The molecule has 5 nitrogen and oxygen atoms in total. The van der Waals surface area contributed by atoms with Crippen LogP contribution in [0, 0.1) is 0 Å². The first-order valence-corrected chi connectivity index (χ1v) is 5.65. The largest absolute Gasteiger partial charge is 0.395 e. The normalized spacial score (nSPS) is 10.2. The van der Waals surface area contributed by atoms with E-state index in [1.165, 1.54) is 12.7 Å². The van der Waals surface area contributed by atoms with Gasteiger partial charge in [0.05, 0.1) is 6.61 Å². The molecule has 2 N–H and O–H groups in total. The molecule has 0 unspecified atom stereocenters. The maximum Gasteiger partial charge on any atom is 0.133 e. The standard InChI is InChI=1S/C11H20N4O/c1-3-4-6-15(2)11-8-10(12-5-7-16)13-9-14-11/h8-9,16H,3-7H2,1-2H3,(H,12,13,14). The van der Waals surface area contributed by atoms with Crippen molar-refractivity contribution < 1.29 is 5.11 Å². The molecule has 0 aliphatic carbocycles. The van der Waals surface area contributed by atoms with Gasteiger partial charge < -0.3 is 15.3 Å². The number of aromatic nitrogens is 2. The van der Waals surface area contributed by atoms with Crippen molar-refractivity contribution in [2.24, 2.45) is 0 Å². The van der Waals surface area contributed by atoms with Crippen molar-refractivity contribution in [1.82, 2.24) is 9.97 Å². The third kappa shape index (κ3) is 4.02. The number of hydrogen-bond donors (Lipinski definition) is 2. The summed E-state index contributed by atoms with van der Waals surface area (Å²) < 4.78 is 0. The third-order valence-electron chi connectivity index (χ3n) is 2.31. The highest BCUT2D eigenvalue weighted by atomic mass is 16.3. The second-order valence-corrected chi connectivity index (χ2v) is 3.69. The molecule has 0 aliphatic rings. The van der Waals surface area contributed by atoms with Crippen molar-refractivity contribution in [3.05, 3.63) is 12.4 Å². The summed E-state index contributed by atoms with van der Waals surface area (Å²) in [5.74, 6) is 1.66. The fraction of sp³-hybridized carbons (Fsp3) is 0.636. The Morgan fingerprint density at radius 3 is 2.94 bits per heavy atom. The van der Waals surface area contributed by atoms with Gasteiger partial charge in [-0.3, -0.25) is 0 Å². The lowest BCUT2D eigenvalue weighted by Gasteiger charge is -2.18. The molecule has 16 heavy (non-hydrogen) atoms. The van der Waals surface area contributed by atoms with Crippen LogP contribution in [-0.2, 0) is 0 Å². The number of anilines is 2. The van der Waals surface area contributed by atoms with Crippen LogP contribution in [0.2, 0.25) is 0 Å². The number of unbranched alkanes of at least 4 members (excludes halogenated alkanes) is 1. The van der Waals surface area contributed by atoms with E-state index < -0.39 is 0 Å². The molecule has 0 amide bonds. The second-order valence-electron chi connectivity index (χ2n) is 3.69. The fourth-order valence-corrected chi connectivity index (χ4v) is 1.35. The Kier molecular flexibility index (Phi) is 5.56. The molecule has 0 saturated carbocycles. The molecule has 90 valence electrons. The minimum Gasteiger partial charge on any atom is -0.395 e. The lowest BCUT2D eigenvalue weighted by molar-refractivity contribution is 0.311. The topological polar surface area (TPSA) is 61.3 Å². The maximum atomic E-state index is 8.71. The summed E-state index contributed by atoms with van der Waals surface area (Å²) in [5, 5.41) is 11.7. The number of hydrogen-bond acceptors (Lipinski definition) is 5. The van der Waals surface area contributed by atoms with E-state index in [-0.39, 0.29) is 6.61 Å². The average molecular weight is 224 g/mol. The van der Waals surface area contributed by atoms with Crippen molar-refractivity contribution in [3.8, 4) is 0 Å². The molecule has 0 bridgehead atoms. The molecule has 0 saturated heterocycles. The number of aliphatic hydroxyl groups excluding tert-OH is 1. The summed E-state index contributed by atoms with van der Waals surface area (Å²) in [6, 6.07) is 1.89. The number of aliphatic hydroxyl groups is 1. The van der Waals surface area contributed by atoms with Gasteiger partial charge in [0, 0.05) is 26.2 Å². The van der Waals surface area contributed by atoms with Crippen LogP contribution in [0.5, 0.6) is 0 Å². The van der Waals surface area contributed by atoms with Crippen LogP contribution in [0.4, 0.5) is 11.6 Å². The Balaban J connectivity index is 2.58. The van der Waals surface area contributed by atoms with Gasteiger partial charge in [0.15, 0.2) is 0 Å². The van der Waals surface area contributed by atoms with Gasteiger partial charge in [0.1, 0.15) is 18.0 Å². The van der Waals surface area contributed by atoms with Gasteiger partial charge in [-0.2, -0.15) is 0 Å². The van der Waals surface area contributed by atoms with Crippen LogP contribution < -0.4 is 10.2 Å². The number of nitrogens with zero attached hydrogens (tertiary/aromatic N) is 3. The molecule has 0 radical (unpaired) electrons. The second kappa shape index (κ2) is 7.00. The summed E-state index contributed by atoms with van der Waals surface area (Å²) in [6.07, 6.45) is 3.86. The summed E-state index contributed by atoms with van der Waals surface area (Å²) in [4.78, 5) is 10.4. The zero-order chi connectivity index (χ0) is 11.8. The highest BCUT2D eigenvalue weighted by Crippen LogP contribution is 2.12. The van der Waals surface area contributed by atoms with Crippen LogP contribution in [0.1, 0.15) is 19.8 Å². The van der Waals surface area contributed by atoms with Crippen molar-refractivity contribution in [2.75, 3.05) is 37.0 Å². The lowest BCUT2D eigenvalue weighted by Crippen LogP contribution is -2.20. The van der Waals surface area contributed by atoms with Gasteiger partial charge in [-0.15, -0.1) is 0 Å². The first-order valence-electron chi connectivity index (χ1n) is 5.65. The van der Waals surface area contributed by atoms with Gasteiger partial charge in [-0.25, -0.2) is 9.97 Å². The van der Waals surface area contributed by atoms with E-state index in [2.05, 4.69) is 27.1 Å². The van der Waals surface area contributed by atoms with E-state index in [1.54, 1.807) is 0 Å². The van der Waals surface area contributed by atoms with Gasteiger partial charge in [-0.05, 0) is 6.42 Å². The van der Waals surface area contributed by atoms with Crippen LogP contribution in [0.3, 0.4) is 0 Å². The molecular weight excluding hydrogens is 204 g/mol. The first kappa shape index (κ1) is 12.7. The van der Waals surface area contributed by atoms with Crippen LogP contribution in [0.15, 0.2) is 12.4 Å². The van der Waals surface area contributed by atoms with Crippen molar-refractivity contribution in [3.63, 3.8) is 0 Å². The molecule has 1 aromatic rings. The Bertz CT molecular complexity index is 306. The molecule has 1 aromatic heterocycles. The van der Waals surface area contributed by atoms with E-state index in [9.17, 15) is 0 Å². The highest BCUT2D eigenvalue weighted by molar-refractivity contribution is 5.47. The molecular formula is C11H20N4O. The van der Waals surface area contributed by atoms with Gasteiger partial charge >= 0.3 is 0 Å². The highest BCUT2D eigenvalue weighted by Gasteiger charge is 2.03. The quantitative estimate of drug-likeness (QED) is 0.726. The maximum absolute atomic E-state index is 8.71. The molecule has 1 heterocycles. The molecule has 0 atom stereocenters. The zero-order valence-electron chi connectivity index (χ0n) is 9.98. The summed E-state index contributed by atoms with van der Waals surface area (Å²) in [5.41, 5.74) is 0. The Morgan fingerprint density at radius 2 is 2.25 bits per heavy atom. The zero-order valence-corrected chi connectivity index (χ0v) is 9.98. The SMILES string of the molecule is CCCCN(C)c1cc(NCCO)ncn1. The summed E-state index contributed by atoms with van der Waals surface area (Å²) >= 11 is 0. The number of rotatable bonds is 7.